The third kappa shape index (κ3) is 2.59. The second-order valence-corrected chi connectivity index (χ2v) is 4.24. The van der Waals surface area contributed by atoms with E-state index in [1.807, 2.05) is 14.1 Å². The van der Waals surface area contributed by atoms with Crippen LogP contribution in [0.15, 0.2) is 18.3 Å². The molecule has 0 aliphatic carbocycles. The highest BCUT2D eigenvalue weighted by molar-refractivity contribution is 5.88. The van der Waals surface area contributed by atoms with Crippen LogP contribution in [0.2, 0.25) is 0 Å². The summed E-state index contributed by atoms with van der Waals surface area (Å²) in [6, 6.07) is 3.28. The summed E-state index contributed by atoms with van der Waals surface area (Å²) in [6.07, 6.45) is 1.43. The Labute approximate surface area is 116 Å². The van der Waals surface area contributed by atoms with Gasteiger partial charge in [0.05, 0.1) is 19.2 Å². The minimum atomic E-state index is -0.435. The van der Waals surface area contributed by atoms with Gasteiger partial charge >= 0.3 is 5.97 Å². The number of rotatable bonds is 4. The fourth-order valence-electron chi connectivity index (χ4n) is 1.59. The van der Waals surface area contributed by atoms with E-state index in [-0.39, 0.29) is 6.54 Å². The van der Waals surface area contributed by atoms with Gasteiger partial charge in [0.15, 0.2) is 5.82 Å². The van der Waals surface area contributed by atoms with E-state index in [0.29, 0.717) is 23.2 Å². The maximum Gasteiger partial charge on any atom is 0.339 e. The molecule has 0 bridgehead atoms. The summed E-state index contributed by atoms with van der Waals surface area (Å²) in [5, 5.41) is 4.32. The average Bonchev–Trinajstić information content (AvgIpc) is 2.91. The molecular weight excluding hydrogens is 260 g/mol. The first-order valence-electron chi connectivity index (χ1n) is 5.95. The summed E-state index contributed by atoms with van der Waals surface area (Å²) in [6.45, 7) is 0.237. The van der Waals surface area contributed by atoms with Gasteiger partial charge in [0.25, 0.3) is 0 Å². The zero-order chi connectivity index (χ0) is 14.7. The van der Waals surface area contributed by atoms with E-state index in [4.69, 9.17) is 5.73 Å². The molecule has 0 unspecified atom stereocenters. The predicted molar refractivity (Wildman–Crippen MR) is 72.7 cm³/mol. The molecule has 2 aromatic rings. The van der Waals surface area contributed by atoms with Crippen molar-refractivity contribution in [3.8, 4) is 5.82 Å². The molecular formula is C12H16N6O2. The summed E-state index contributed by atoms with van der Waals surface area (Å²) in [7, 11) is 5.01. The lowest BCUT2D eigenvalue weighted by molar-refractivity contribution is 0.0600. The second kappa shape index (κ2) is 5.66. The highest BCUT2D eigenvalue weighted by Gasteiger charge is 2.13. The van der Waals surface area contributed by atoms with Crippen LogP contribution in [-0.2, 0) is 11.3 Å². The molecule has 2 N–H and O–H groups in total. The summed E-state index contributed by atoms with van der Waals surface area (Å²) < 4.78 is 6.17. The molecule has 0 radical (unpaired) electrons. The van der Waals surface area contributed by atoms with E-state index in [0.717, 1.165) is 0 Å². The van der Waals surface area contributed by atoms with Crippen molar-refractivity contribution in [1.82, 2.24) is 19.7 Å². The van der Waals surface area contributed by atoms with Crippen molar-refractivity contribution in [3.05, 3.63) is 29.7 Å². The van der Waals surface area contributed by atoms with Gasteiger partial charge in [-0.1, -0.05) is 0 Å². The van der Waals surface area contributed by atoms with E-state index in [2.05, 4.69) is 19.8 Å². The average molecular weight is 276 g/mol. The van der Waals surface area contributed by atoms with Crippen molar-refractivity contribution in [2.75, 3.05) is 26.1 Å². The number of methoxy groups -OCH3 is 1. The van der Waals surface area contributed by atoms with Crippen LogP contribution in [0.4, 0.5) is 5.95 Å². The first kappa shape index (κ1) is 13.9. The third-order valence-electron chi connectivity index (χ3n) is 2.63. The quantitative estimate of drug-likeness (QED) is 0.783. The molecule has 0 saturated heterocycles. The number of nitrogens with zero attached hydrogens (tertiary/aromatic N) is 5. The van der Waals surface area contributed by atoms with Crippen molar-refractivity contribution in [2.24, 2.45) is 5.73 Å². The number of nitrogens with two attached hydrogens (primary N) is 1. The SMILES string of the molecule is COC(=O)c1ccc(-n2nc(N(C)C)nc2CN)nc1. The highest BCUT2D eigenvalue weighted by atomic mass is 16.5. The van der Waals surface area contributed by atoms with Gasteiger partial charge in [-0.2, -0.15) is 9.67 Å². The van der Waals surface area contributed by atoms with Gasteiger partial charge in [-0.3, -0.25) is 0 Å². The van der Waals surface area contributed by atoms with Crippen LogP contribution in [0.1, 0.15) is 16.2 Å². The Morgan fingerprint density at radius 2 is 2.20 bits per heavy atom. The molecule has 0 atom stereocenters. The van der Waals surface area contributed by atoms with Gasteiger partial charge in [-0.05, 0) is 12.1 Å². The first-order valence-corrected chi connectivity index (χ1v) is 5.95. The van der Waals surface area contributed by atoms with E-state index in [1.54, 1.807) is 21.7 Å². The summed E-state index contributed by atoms with van der Waals surface area (Å²) in [5.41, 5.74) is 6.03. The van der Waals surface area contributed by atoms with E-state index < -0.39 is 5.97 Å². The minimum absolute atomic E-state index is 0.237. The van der Waals surface area contributed by atoms with Gasteiger partial charge in [0, 0.05) is 20.3 Å². The second-order valence-electron chi connectivity index (χ2n) is 4.24. The zero-order valence-corrected chi connectivity index (χ0v) is 11.6. The Kier molecular flexibility index (Phi) is 3.94. The van der Waals surface area contributed by atoms with Gasteiger partial charge in [0.1, 0.15) is 5.82 Å². The molecule has 2 aromatic heterocycles. The largest absolute Gasteiger partial charge is 0.465 e. The number of pyridine rings is 1. The summed E-state index contributed by atoms with van der Waals surface area (Å²) in [4.78, 5) is 21.6. The van der Waals surface area contributed by atoms with Crippen LogP contribution in [0.3, 0.4) is 0 Å². The van der Waals surface area contributed by atoms with Crippen molar-refractivity contribution < 1.29 is 9.53 Å². The molecule has 0 aliphatic heterocycles. The summed E-state index contributed by atoms with van der Waals surface area (Å²) >= 11 is 0. The van der Waals surface area contributed by atoms with Crippen LogP contribution in [0, 0.1) is 0 Å². The maximum absolute atomic E-state index is 11.4. The fraction of sp³-hybridized carbons (Fsp3) is 0.333. The zero-order valence-electron chi connectivity index (χ0n) is 11.6. The first-order chi connectivity index (χ1) is 9.56. The van der Waals surface area contributed by atoms with Crippen LogP contribution in [-0.4, -0.2) is 46.9 Å². The molecule has 8 nitrogen and oxygen atoms in total. The predicted octanol–water partition coefficient (Wildman–Crippen LogP) is -0.0264. The van der Waals surface area contributed by atoms with Crippen LogP contribution < -0.4 is 10.6 Å². The summed E-state index contributed by atoms with van der Waals surface area (Å²) in [5.74, 6) is 1.24. The number of hydrogen-bond acceptors (Lipinski definition) is 7. The van der Waals surface area contributed by atoms with E-state index >= 15 is 0 Å². The van der Waals surface area contributed by atoms with E-state index in [1.165, 1.54) is 13.3 Å². The molecule has 0 amide bonds. The normalized spacial score (nSPS) is 10.4. The Morgan fingerprint density at radius 1 is 1.45 bits per heavy atom. The molecule has 0 aromatic carbocycles. The van der Waals surface area contributed by atoms with Gasteiger partial charge in [-0.25, -0.2) is 9.78 Å². The number of ether oxygens (including phenoxy) is 1. The van der Waals surface area contributed by atoms with Gasteiger partial charge in [0.2, 0.25) is 5.95 Å². The Bertz CT molecular complexity index is 605. The molecule has 0 fully saturated rings. The van der Waals surface area contributed by atoms with Crippen molar-refractivity contribution >= 4 is 11.9 Å². The Morgan fingerprint density at radius 3 is 2.70 bits per heavy atom. The number of carbonyl (C=O) groups excluding carboxylic acids is 1. The number of esters is 1. The Balaban J connectivity index is 2.38. The van der Waals surface area contributed by atoms with Crippen molar-refractivity contribution in [1.29, 1.82) is 0 Å². The molecule has 2 heterocycles. The molecule has 106 valence electrons. The molecule has 0 saturated carbocycles. The van der Waals surface area contributed by atoms with Crippen LogP contribution >= 0.6 is 0 Å². The molecule has 0 aliphatic rings. The topological polar surface area (TPSA) is 99.2 Å². The number of hydrogen-bond donors (Lipinski definition) is 1. The number of anilines is 1. The smallest absolute Gasteiger partial charge is 0.339 e. The van der Waals surface area contributed by atoms with Crippen molar-refractivity contribution in [2.45, 2.75) is 6.54 Å². The van der Waals surface area contributed by atoms with Gasteiger partial charge in [-0.15, -0.1) is 5.10 Å². The third-order valence-corrected chi connectivity index (χ3v) is 2.63. The van der Waals surface area contributed by atoms with Crippen molar-refractivity contribution in [3.63, 3.8) is 0 Å². The Hall–Kier alpha value is -2.48. The maximum atomic E-state index is 11.4. The number of carbonyl (C=O) groups is 1. The number of aromatic nitrogens is 4. The lowest BCUT2D eigenvalue weighted by Gasteiger charge is -2.05. The standard InChI is InChI=1S/C12H16N6O2/c1-17(2)12-15-10(6-13)18(16-12)9-5-4-8(7-14-9)11(19)20-3/h4-5,7H,6,13H2,1-3H3. The molecule has 20 heavy (non-hydrogen) atoms. The van der Waals surface area contributed by atoms with Gasteiger partial charge < -0.3 is 15.4 Å². The molecule has 8 heteroatoms. The molecule has 2 rings (SSSR count). The highest BCUT2D eigenvalue weighted by Crippen LogP contribution is 2.12. The van der Waals surface area contributed by atoms with Crippen LogP contribution in [0.25, 0.3) is 5.82 Å². The monoisotopic (exact) mass is 276 g/mol. The van der Waals surface area contributed by atoms with E-state index in [9.17, 15) is 4.79 Å². The fourth-order valence-corrected chi connectivity index (χ4v) is 1.59. The van der Waals surface area contributed by atoms with Crippen LogP contribution in [0.5, 0.6) is 0 Å². The lowest BCUT2D eigenvalue weighted by Crippen LogP contribution is -2.11. The molecule has 0 spiro atoms. The minimum Gasteiger partial charge on any atom is -0.465 e. The lowest BCUT2D eigenvalue weighted by atomic mass is 10.3.